The number of likely N-dealkylation sites (tertiary alicyclic amines) is 1. The SMILES string of the molecule is C/C(=C\c1ccc(O)c2ccccc12)CC[C@H]1OC[C@H]2C1=C(CO)C[C@H]1C(=O)N(C3CCCCC3)C(=O)[C@H]12. The van der Waals surface area contributed by atoms with Crippen molar-refractivity contribution in [3.63, 3.8) is 0 Å². The minimum absolute atomic E-state index is 0.00840. The lowest BCUT2D eigenvalue weighted by atomic mass is 9.69. The number of amides is 2. The molecular formula is C32H37NO5. The predicted octanol–water partition coefficient (Wildman–Crippen LogP) is 5.37. The molecule has 6 rings (SSSR count). The summed E-state index contributed by atoms with van der Waals surface area (Å²) in [4.78, 5) is 28.7. The number of aliphatic hydroxyl groups excluding tert-OH is 1. The highest BCUT2D eigenvalue weighted by atomic mass is 16.5. The Hall–Kier alpha value is -2.96. The molecule has 4 atom stereocenters. The second-order valence-corrected chi connectivity index (χ2v) is 11.6. The molecule has 0 radical (unpaired) electrons. The van der Waals surface area contributed by atoms with Crippen molar-refractivity contribution in [2.24, 2.45) is 17.8 Å². The van der Waals surface area contributed by atoms with E-state index in [1.807, 2.05) is 30.3 Å². The molecule has 2 saturated heterocycles. The van der Waals surface area contributed by atoms with Gasteiger partial charge < -0.3 is 14.9 Å². The van der Waals surface area contributed by atoms with E-state index in [2.05, 4.69) is 13.0 Å². The van der Waals surface area contributed by atoms with Gasteiger partial charge in [0.1, 0.15) is 5.75 Å². The van der Waals surface area contributed by atoms with Crippen LogP contribution in [0.5, 0.6) is 5.75 Å². The highest BCUT2D eigenvalue weighted by Crippen LogP contribution is 2.50. The number of imide groups is 1. The van der Waals surface area contributed by atoms with Crippen LogP contribution in [0.3, 0.4) is 0 Å². The topological polar surface area (TPSA) is 87.1 Å². The summed E-state index contributed by atoms with van der Waals surface area (Å²) in [7, 11) is 0. The summed E-state index contributed by atoms with van der Waals surface area (Å²) < 4.78 is 6.28. The van der Waals surface area contributed by atoms with E-state index in [0.717, 1.165) is 66.0 Å². The number of nitrogens with zero attached hydrogens (tertiary/aromatic N) is 1. The van der Waals surface area contributed by atoms with Gasteiger partial charge in [0.05, 0.1) is 31.2 Å². The van der Waals surface area contributed by atoms with E-state index in [1.54, 1.807) is 11.0 Å². The third-order valence-corrected chi connectivity index (χ3v) is 9.31. The number of rotatable bonds is 6. The Morgan fingerprint density at radius 2 is 1.79 bits per heavy atom. The number of hydrogen-bond donors (Lipinski definition) is 2. The van der Waals surface area contributed by atoms with Crippen LogP contribution in [0.1, 0.15) is 63.9 Å². The maximum absolute atomic E-state index is 13.6. The second-order valence-electron chi connectivity index (χ2n) is 11.6. The average molecular weight is 516 g/mol. The Morgan fingerprint density at radius 1 is 1.03 bits per heavy atom. The van der Waals surface area contributed by atoms with E-state index in [4.69, 9.17) is 4.74 Å². The normalized spacial score (nSPS) is 28.4. The summed E-state index contributed by atoms with van der Waals surface area (Å²) >= 11 is 0. The number of aromatic hydroxyl groups is 1. The summed E-state index contributed by atoms with van der Waals surface area (Å²) in [6.07, 6.45) is 9.20. The molecule has 2 aliphatic carbocycles. The van der Waals surface area contributed by atoms with E-state index in [1.165, 1.54) is 12.0 Å². The highest BCUT2D eigenvalue weighted by Gasteiger charge is 2.58. The minimum atomic E-state index is -0.355. The maximum Gasteiger partial charge on any atom is 0.234 e. The van der Waals surface area contributed by atoms with E-state index < -0.39 is 0 Å². The fourth-order valence-electron chi connectivity index (χ4n) is 7.47. The lowest BCUT2D eigenvalue weighted by Gasteiger charge is -2.31. The first-order valence-corrected chi connectivity index (χ1v) is 14.2. The lowest BCUT2D eigenvalue weighted by molar-refractivity contribution is -0.143. The number of ether oxygens (including phenoxy) is 1. The van der Waals surface area contributed by atoms with Crippen LogP contribution in [0.2, 0.25) is 0 Å². The largest absolute Gasteiger partial charge is 0.507 e. The first-order valence-electron chi connectivity index (χ1n) is 14.2. The molecule has 3 fully saturated rings. The van der Waals surface area contributed by atoms with Crippen LogP contribution >= 0.6 is 0 Å². The summed E-state index contributed by atoms with van der Waals surface area (Å²) in [5.74, 6) is -0.573. The van der Waals surface area contributed by atoms with Crippen molar-refractivity contribution in [1.82, 2.24) is 4.90 Å². The molecule has 200 valence electrons. The van der Waals surface area contributed by atoms with Crippen LogP contribution in [0.15, 0.2) is 53.1 Å². The van der Waals surface area contributed by atoms with E-state index in [9.17, 15) is 19.8 Å². The molecule has 2 aliphatic heterocycles. The molecule has 0 unspecified atom stereocenters. The zero-order valence-corrected chi connectivity index (χ0v) is 22.1. The van der Waals surface area contributed by atoms with Gasteiger partial charge in [-0.2, -0.15) is 0 Å². The van der Waals surface area contributed by atoms with Gasteiger partial charge in [0.15, 0.2) is 0 Å². The van der Waals surface area contributed by atoms with Gasteiger partial charge >= 0.3 is 0 Å². The zero-order chi connectivity index (χ0) is 26.4. The molecule has 2 N–H and O–H groups in total. The molecule has 4 aliphatic rings. The summed E-state index contributed by atoms with van der Waals surface area (Å²) in [5.41, 5.74) is 4.23. The summed E-state index contributed by atoms with van der Waals surface area (Å²) in [6.45, 7) is 2.45. The summed E-state index contributed by atoms with van der Waals surface area (Å²) in [6, 6.07) is 11.6. The maximum atomic E-state index is 13.6. The number of fused-ring (bicyclic) bond motifs is 4. The number of aliphatic hydroxyl groups is 1. The molecule has 0 bridgehead atoms. The number of hydrogen-bond acceptors (Lipinski definition) is 5. The van der Waals surface area contributed by atoms with Gasteiger partial charge in [0, 0.05) is 17.3 Å². The van der Waals surface area contributed by atoms with Gasteiger partial charge in [-0.15, -0.1) is 0 Å². The molecule has 6 nitrogen and oxygen atoms in total. The number of phenols is 1. The number of phenolic OH excluding ortho intramolecular Hbond substituents is 1. The quantitative estimate of drug-likeness (QED) is 0.399. The van der Waals surface area contributed by atoms with E-state index in [0.29, 0.717) is 13.0 Å². The van der Waals surface area contributed by atoms with Crippen LogP contribution in [-0.2, 0) is 14.3 Å². The van der Waals surface area contributed by atoms with Crippen molar-refractivity contribution >= 4 is 28.7 Å². The van der Waals surface area contributed by atoms with Crippen LogP contribution in [0.4, 0.5) is 0 Å². The monoisotopic (exact) mass is 515 g/mol. The van der Waals surface area contributed by atoms with E-state index >= 15 is 0 Å². The molecule has 0 spiro atoms. The Kier molecular flexibility index (Phi) is 6.87. The Morgan fingerprint density at radius 3 is 2.55 bits per heavy atom. The van der Waals surface area contributed by atoms with Gasteiger partial charge in [0.25, 0.3) is 0 Å². The predicted molar refractivity (Wildman–Crippen MR) is 146 cm³/mol. The molecule has 2 aromatic rings. The molecule has 2 amide bonds. The first kappa shape index (κ1) is 25.3. The molecule has 1 saturated carbocycles. The number of allylic oxidation sites excluding steroid dienone is 1. The van der Waals surface area contributed by atoms with Crippen LogP contribution in [0.25, 0.3) is 16.8 Å². The molecule has 38 heavy (non-hydrogen) atoms. The van der Waals surface area contributed by atoms with Crippen LogP contribution < -0.4 is 0 Å². The third-order valence-electron chi connectivity index (χ3n) is 9.31. The fourth-order valence-corrected chi connectivity index (χ4v) is 7.47. The highest BCUT2D eigenvalue weighted by molar-refractivity contribution is 6.06. The van der Waals surface area contributed by atoms with Crippen molar-refractivity contribution in [1.29, 1.82) is 0 Å². The molecule has 2 aromatic carbocycles. The Bertz CT molecular complexity index is 1320. The van der Waals surface area contributed by atoms with Crippen molar-refractivity contribution in [3.05, 3.63) is 58.7 Å². The molecule has 2 heterocycles. The Labute approximate surface area is 224 Å². The van der Waals surface area contributed by atoms with Crippen LogP contribution in [0, 0.1) is 17.8 Å². The number of benzene rings is 2. The summed E-state index contributed by atoms with van der Waals surface area (Å²) in [5, 5.41) is 22.3. The van der Waals surface area contributed by atoms with Crippen molar-refractivity contribution in [3.8, 4) is 5.75 Å². The van der Waals surface area contributed by atoms with Gasteiger partial charge in [-0.3, -0.25) is 14.5 Å². The molecular weight excluding hydrogens is 478 g/mol. The van der Waals surface area contributed by atoms with Gasteiger partial charge in [-0.05, 0) is 67.2 Å². The van der Waals surface area contributed by atoms with Crippen molar-refractivity contribution < 1.29 is 24.5 Å². The van der Waals surface area contributed by atoms with Gasteiger partial charge in [-0.1, -0.05) is 61.2 Å². The van der Waals surface area contributed by atoms with Gasteiger partial charge in [-0.25, -0.2) is 0 Å². The number of carbonyl (C=O) groups is 2. The third kappa shape index (κ3) is 4.28. The zero-order valence-electron chi connectivity index (χ0n) is 22.1. The van der Waals surface area contributed by atoms with E-state index in [-0.39, 0.29) is 54.1 Å². The standard InChI is InChI=1S/C32H37NO5/c1-19(15-20-12-13-27(35)24-10-6-5-9-23(20)24)11-14-28-29-21(17-34)16-25-30(26(29)18-38-28)32(37)33(31(25)36)22-7-3-2-4-8-22/h5-6,9-10,12-13,15,22,25-26,28,30,34-35H,2-4,7-8,11,14,16-18H2,1H3/b19-15+/t25-,26+,28-,30-/m1/s1. The van der Waals surface area contributed by atoms with Gasteiger partial charge in [0.2, 0.25) is 11.8 Å². The van der Waals surface area contributed by atoms with Crippen molar-refractivity contribution in [2.45, 2.75) is 70.4 Å². The fraction of sp³-hybridized carbons (Fsp3) is 0.500. The number of carbonyl (C=O) groups excluding carboxylic acids is 2. The molecule has 0 aromatic heterocycles. The average Bonchev–Trinajstić information content (AvgIpc) is 3.47. The second kappa shape index (κ2) is 10.3. The molecule has 6 heteroatoms. The first-order chi connectivity index (χ1) is 18.5. The van der Waals surface area contributed by atoms with Crippen LogP contribution in [-0.4, -0.2) is 52.3 Å². The van der Waals surface area contributed by atoms with Crippen molar-refractivity contribution in [2.75, 3.05) is 13.2 Å². The smallest absolute Gasteiger partial charge is 0.234 e. The minimum Gasteiger partial charge on any atom is -0.507 e. The lowest BCUT2D eigenvalue weighted by Crippen LogP contribution is -2.42. The Balaban J connectivity index is 1.20.